The quantitative estimate of drug-likeness (QED) is 0.468. The van der Waals surface area contributed by atoms with Crippen molar-refractivity contribution in [2.24, 2.45) is 0 Å². The first kappa shape index (κ1) is 21.9. The molecule has 0 aromatic heterocycles. The van der Waals surface area contributed by atoms with Crippen LogP contribution in [-0.2, 0) is 0 Å². The topological polar surface area (TPSA) is 57.2 Å². The second-order valence-electron chi connectivity index (χ2n) is 6.62. The highest BCUT2D eigenvalue weighted by molar-refractivity contribution is 5.32. The Hall–Kier alpha value is -2.40. The fourth-order valence-electron chi connectivity index (χ4n) is 2.37. The zero-order valence-corrected chi connectivity index (χ0v) is 16.9. The highest BCUT2D eigenvalue weighted by atomic mass is 16.5. The van der Waals surface area contributed by atoms with Gasteiger partial charge in [0.2, 0.25) is 0 Å². The Morgan fingerprint density at radius 2 is 0.929 bits per heavy atom. The molecule has 5 nitrogen and oxygen atoms in total. The first-order valence-electron chi connectivity index (χ1n) is 10.1. The summed E-state index contributed by atoms with van der Waals surface area (Å²) in [5.41, 5.74) is 0. The van der Waals surface area contributed by atoms with Crippen LogP contribution in [0.3, 0.4) is 0 Å². The molecule has 28 heavy (non-hydrogen) atoms. The van der Waals surface area contributed by atoms with Crippen LogP contribution < -0.4 is 18.9 Å². The van der Waals surface area contributed by atoms with Crippen molar-refractivity contribution in [3.63, 3.8) is 0 Å². The van der Waals surface area contributed by atoms with Crippen LogP contribution in [0.4, 0.5) is 0 Å². The van der Waals surface area contributed by atoms with Crippen LogP contribution in [-0.4, -0.2) is 37.6 Å². The smallest absolute Gasteiger partial charge is 0.122 e. The normalized spacial score (nSPS) is 10.7. The number of aliphatic hydroxyl groups is 1. The summed E-state index contributed by atoms with van der Waals surface area (Å²) >= 11 is 0. The molecule has 0 radical (unpaired) electrons. The minimum Gasteiger partial charge on any atom is -0.494 e. The zero-order valence-electron chi connectivity index (χ0n) is 16.9. The molecule has 0 heterocycles. The van der Waals surface area contributed by atoms with Gasteiger partial charge in [0.25, 0.3) is 0 Å². The lowest BCUT2D eigenvalue weighted by molar-refractivity contribution is 0.0626. The van der Waals surface area contributed by atoms with Crippen LogP contribution in [0.5, 0.6) is 23.0 Å². The summed E-state index contributed by atoms with van der Waals surface area (Å²) in [5.74, 6) is 3.03. The highest BCUT2D eigenvalue weighted by Gasteiger charge is 2.07. The van der Waals surface area contributed by atoms with Gasteiger partial charge in [0, 0.05) is 0 Å². The van der Waals surface area contributed by atoms with Gasteiger partial charge in [-0.05, 0) is 61.4 Å². The van der Waals surface area contributed by atoms with Gasteiger partial charge < -0.3 is 24.1 Å². The summed E-state index contributed by atoms with van der Waals surface area (Å²) in [7, 11) is 0. The van der Waals surface area contributed by atoms with Gasteiger partial charge in [0.15, 0.2) is 0 Å². The summed E-state index contributed by atoms with van der Waals surface area (Å²) in [6, 6.07) is 14.8. The van der Waals surface area contributed by atoms with E-state index in [4.69, 9.17) is 18.9 Å². The van der Waals surface area contributed by atoms with Crippen molar-refractivity contribution in [1.29, 1.82) is 0 Å². The second-order valence-corrected chi connectivity index (χ2v) is 6.62. The van der Waals surface area contributed by atoms with Crippen molar-refractivity contribution in [3.05, 3.63) is 48.5 Å². The number of hydrogen-bond acceptors (Lipinski definition) is 5. The fourth-order valence-corrected chi connectivity index (χ4v) is 2.37. The average molecular weight is 389 g/mol. The second kappa shape index (κ2) is 12.9. The van der Waals surface area contributed by atoms with Crippen molar-refractivity contribution in [2.45, 2.75) is 45.6 Å². The van der Waals surface area contributed by atoms with Crippen LogP contribution in [0.1, 0.15) is 39.5 Å². The standard InChI is InChI=1S/C23H32O5/c1-3-5-15-25-20-7-11-22(12-8-20)27-17-19(24)18-28-23-13-9-21(10-14-23)26-16-6-4-2/h7-14,19,24H,3-6,15-18H2,1-2H3. The molecular formula is C23H32O5. The van der Waals surface area contributed by atoms with E-state index in [9.17, 15) is 5.11 Å². The van der Waals surface area contributed by atoms with Gasteiger partial charge in [-0.1, -0.05) is 26.7 Å². The lowest BCUT2D eigenvalue weighted by Gasteiger charge is -2.14. The third-order valence-electron chi connectivity index (χ3n) is 4.07. The van der Waals surface area contributed by atoms with E-state index < -0.39 is 6.10 Å². The number of unbranched alkanes of at least 4 members (excludes halogenated alkanes) is 2. The Labute approximate surface area is 168 Å². The maximum atomic E-state index is 10.1. The lowest BCUT2D eigenvalue weighted by Crippen LogP contribution is -2.25. The third-order valence-corrected chi connectivity index (χ3v) is 4.07. The Morgan fingerprint density at radius 1 is 0.607 bits per heavy atom. The molecule has 0 saturated heterocycles. The van der Waals surface area contributed by atoms with Gasteiger partial charge in [0.1, 0.15) is 42.3 Å². The fraction of sp³-hybridized carbons (Fsp3) is 0.478. The maximum absolute atomic E-state index is 10.1. The predicted octanol–water partition coefficient (Wildman–Crippen LogP) is 4.86. The van der Waals surface area contributed by atoms with Gasteiger partial charge in [-0.25, -0.2) is 0 Å². The van der Waals surface area contributed by atoms with E-state index in [2.05, 4.69) is 13.8 Å². The molecule has 1 N–H and O–H groups in total. The van der Waals surface area contributed by atoms with Crippen LogP contribution in [0.15, 0.2) is 48.5 Å². The van der Waals surface area contributed by atoms with Gasteiger partial charge in [-0.2, -0.15) is 0 Å². The molecule has 0 unspecified atom stereocenters. The van der Waals surface area contributed by atoms with Gasteiger partial charge in [-0.15, -0.1) is 0 Å². The van der Waals surface area contributed by atoms with Crippen LogP contribution in [0.25, 0.3) is 0 Å². The Kier molecular flexibility index (Phi) is 10.1. The summed E-state index contributed by atoms with van der Waals surface area (Å²) in [6.07, 6.45) is 3.58. The molecule has 2 aromatic rings. The minimum atomic E-state index is -0.721. The molecule has 0 bridgehead atoms. The zero-order chi connectivity index (χ0) is 20.0. The summed E-state index contributed by atoms with van der Waals surface area (Å²) in [4.78, 5) is 0. The average Bonchev–Trinajstić information content (AvgIpc) is 2.73. The van der Waals surface area contributed by atoms with E-state index >= 15 is 0 Å². The van der Waals surface area contributed by atoms with Crippen LogP contribution in [0.2, 0.25) is 0 Å². The lowest BCUT2D eigenvalue weighted by atomic mass is 10.3. The van der Waals surface area contributed by atoms with E-state index in [1.807, 2.05) is 48.5 Å². The molecule has 0 aliphatic rings. The van der Waals surface area contributed by atoms with E-state index in [0.717, 1.165) is 50.4 Å². The number of aliphatic hydroxyl groups excluding tert-OH is 1. The summed E-state index contributed by atoms with van der Waals surface area (Å²) in [5, 5.41) is 10.1. The Balaban J connectivity index is 1.66. The van der Waals surface area contributed by atoms with Crippen molar-refractivity contribution < 1.29 is 24.1 Å². The number of rotatable bonds is 14. The molecule has 0 amide bonds. The van der Waals surface area contributed by atoms with E-state index in [1.165, 1.54) is 0 Å². The van der Waals surface area contributed by atoms with E-state index in [0.29, 0.717) is 11.5 Å². The van der Waals surface area contributed by atoms with Crippen molar-refractivity contribution >= 4 is 0 Å². The monoisotopic (exact) mass is 388 g/mol. The van der Waals surface area contributed by atoms with Crippen molar-refractivity contribution in [3.8, 4) is 23.0 Å². The summed E-state index contributed by atoms with van der Waals surface area (Å²) < 4.78 is 22.4. The van der Waals surface area contributed by atoms with Crippen molar-refractivity contribution in [1.82, 2.24) is 0 Å². The third kappa shape index (κ3) is 8.53. The Bertz CT molecular complexity index is 582. The molecule has 0 spiro atoms. The molecule has 0 aliphatic heterocycles. The van der Waals surface area contributed by atoms with Crippen LogP contribution >= 0.6 is 0 Å². The maximum Gasteiger partial charge on any atom is 0.122 e. The molecule has 5 heteroatoms. The minimum absolute atomic E-state index is 0.161. The molecule has 0 fully saturated rings. The molecule has 154 valence electrons. The van der Waals surface area contributed by atoms with E-state index in [-0.39, 0.29) is 13.2 Å². The summed E-state index contributed by atoms with van der Waals surface area (Å²) in [6.45, 7) is 6.03. The van der Waals surface area contributed by atoms with Gasteiger partial charge >= 0.3 is 0 Å². The number of hydrogen-bond donors (Lipinski definition) is 1. The molecule has 0 saturated carbocycles. The SMILES string of the molecule is CCCCOc1ccc(OCC(O)COc2ccc(OCCCC)cc2)cc1. The molecular weight excluding hydrogens is 356 g/mol. The predicted molar refractivity (Wildman–Crippen MR) is 111 cm³/mol. The largest absolute Gasteiger partial charge is 0.494 e. The molecule has 0 atom stereocenters. The van der Waals surface area contributed by atoms with Crippen molar-refractivity contribution in [2.75, 3.05) is 26.4 Å². The van der Waals surface area contributed by atoms with Gasteiger partial charge in [-0.3, -0.25) is 0 Å². The number of ether oxygens (including phenoxy) is 4. The molecule has 2 aromatic carbocycles. The molecule has 0 aliphatic carbocycles. The first-order chi connectivity index (χ1) is 13.7. The first-order valence-corrected chi connectivity index (χ1v) is 10.1. The van der Waals surface area contributed by atoms with Crippen LogP contribution in [0, 0.1) is 0 Å². The highest BCUT2D eigenvalue weighted by Crippen LogP contribution is 2.19. The Morgan fingerprint density at radius 3 is 1.25 bits per heavy atom. The molecule has 2 rings (SSSR count). The van der Waals surface area contributed by atoms with E-state index in [1.54, 1.807) is 0 Å². The van der Waals surface area contributed by atoms with Gasteiger partial charge in [0.05, 0.1) is 13.2 Å². The number of benzene rings is 2.